The van der Waals surface area contributed by atoms with Crippen molar-refractivity contribution in [3.8, 4) is 0 Å². The van der Waals surface area contributed by atoms with Crippen LogP contribution in [-0.2, 0) is 4.79 Å². The SMILES string of the molecule is C[C@@H](Sc1ccc(Br)cc1)C(=O)Nc1ccc(F)cc1. The van der Waals surface area contributed by atoms with E-state index in [9.17, 15) is 9.18 Å². The standard InChI is InChI=1S/C15H13BrFNOS/c1-10(20-14-8-2-11(16)3-9-14)15(19)18-13-6-4-12(17)5-7-13/h2-10H,1H3,(H,18,19)/t10-/m1/s1. The number of hydrogen-bond donors (Lipinski definition) is 1. The molecule has 0 unspecified atom stereocenters. The minimum Gasteiger partial charge on any atom is -0.325 e. The first-order chi connectivity index (χ1) is 9.54. The molecular weight excluding hydrogens is 341 g/mol. The Morgan fingerprint density at radius 3 is 2.35 bits per heavy atom. The van der Waals surface area contributed by atoms with Gasteiger partial charge in [0, 0.05) is 15.1 Å². The molecule has 2 nitrogen and oxygen atoms in total. The van der Waals surface area contributed by atoms with Crippen molar-refractivity contribution in [3.05, 3.63) is 58.8 Å². The average Bonchev–Trinajstić information content (AvgIpc) is 2.44. The van der Waals surface area contributed by atoms with Crippen molar-refractivity contribution < 1.29 is 9.18 Å². The van der Waals surface area contributed by atoms with Crippen molar-refractivity contribution in [2.24, 2.45) is 0 Å². The summed E-state index contributed by atoms with van der Waals surface area (Å²) in [7, 11) is 0. The largest absolute Gasteiger partial charge is 0.325 e. The Morgan fingerprint density at radius 1 is 1.15 bits per heavy atom. The molecule has 0 aromatic heterocycles. The van der Waals surface area contributed by atoms with Gasteiger partial charge in [-0.2, -0.15) is 0 Å². The van der Waals surface area contributed by atoms with E-state index in [-0.39, 0.29) is 17.0 Å². The number of amides is 1. The Hall–Kier alpha value is -1.33. The van der Waals surface area contributed by atoms with Gasteiger partial charge in [-0.1, -0.05) is 15.9 Å². The number of hydrogen-bond acceptors (Lipinski definition) is 2. The smallest absolute Gasteiger partial charge is 0.237 e. The molecule has 0 saturated heterocycles. The highest BCUT2D eigenvalue weighted by molar-refractivity contribution is 9.10. The van der Waals surface area contributed by atoms with Crippen LogP contribution in [0.1, 0.15) is 6.92 Å². The van der Waals surface area contributed by atoms with Gasteiger partial charge in [-0.3, -0.25) is 4.79 Å². The molecule has 0 aliphatic rings. The molecule has 1 N–H and O–H groups in total. The number of nitrogens with one attached hydrogen (secondary N) is 1. The molecule has 0 aliphatic carbocycles. The van der Waals surface area contributed by atoms with Gasteiger partial charge in [-0.15, -0.1) is 11.8 Å². The van der Waals surface area contributed by atoms with Crippen molar-refractivity contribution in [1.82, 2.24) is 0 Å². The van der Waals surface area contributed by atoms with E-state index in [1.165, 1.54) is 23.9 Å². The van der Waals surface area contributed by atoms with Crippen molar-refractivity contribution in [2.75, 3.05) is 5.32 Å². The Labute approximate surface area is 129 Å². The zero-order valence-electron chi connectivity index (χ0n) is 10.8. The summed E-state index contributed by atoms with van der Waals surface area (Å²) in [5.74, 6) is -0.426. The fourth-order valence-corrected chi connectivity index (χ4v) is 2.68. The van der Waals surface area contributed by atoms with Crippen LogP contribution in [0.25, 0.3) is 0 Å². The van der Waals surface area contributed by atoms with Crippen molar-refractivity contribution >= 4 is 39.3 Å². The number of carbonyl (C=O) groups excluding carboxylic acids is 1. The van der Waals surface area contributed by atoms with Gasteiger partial charge in [-0.05, 0) is 55.5 Å². The highest BCUT2D eigenvalue weighted by Gasteiger charge is 2.14. The van der Waals surface area contributed by atoms with Crippen LogP contribution in [0.5, 0.6) is 0 Å². The zero-order chi connectivity index (χ0) is 14.5. The van der Waals surface area contributed by atoms with Gasteiger partial charge in [0.25, 0.3) is 0 Å². The molecule has 0 bridgehead atoms. The summed E-state index contributed by atoms with van der Waals surface area (Å²) in [6.07, 6.45) is 0. The minimum absolute atomic E-state index is 0.107. The average molecular weight is 354 g/mol. The highest BCUT2D eigenvalue weighted by Crippen LogP contribution is 2.25. The number of thioether (sulfide) groups is 1. The van der Waals surface area contributed by atoms with Crippen molar-refractivity contribution in [2.45, 2.75) is 17.1 Å². The number of anilines is 1. The summed E-state index contributed by atoms with van der Waals surface area (Å²) >= 11 is 4.85. The van der Waals surface area contributed by atoms with E-state index in [1.807, 2.05) is 31.2 Å². The molecule has 5 heteroatoms. The highest BCUT2D eigenvalue weighted by atomic mass is 79.9. The number of carbonyl (C=O) groups is 1. The Morgan fingerprint density at radius 2 is 1.75 bits per heavy atom. The van der Waals surface area contributed by atoms with Crippen LogP contribution < -0.4 is 5.32 Å². The van der Waals surface area contributed by atoms with Crippen LogP contribution in [-0.4, -0.2) is 11.2 Å². The lowest BCUT2D eigenvalue weighted by molar-refractivity contribution is -0.115. The van der Waals surface area contributed by atoms with Gasteiger partial charge in [0.05, 0.1) is 5.25 Å². The van der Waals surface area contributed by atoms with E-state index in [4.69, 9.17) is 0 Å². The zero-order valence-corrected chi connectivity index (χ0v) is 13.2. The Bertz CT molecular complexity index is 586. The molecule has 0 saturated carbocycles. The third-order valence-corrected chi connectivity index (χ3v) is 4.25. The number of rotatable bonds is 4. The lowest BCUT2D eigenvalue weighted by Gasteiger charge is -2.12. The van der Waals surface area contributed by atoms with E-state index in [0.29, 0.717) is 5.69 Å². The van der Waals surface area contributed by atoms with Crippen LogP contribution in [0, 0.1) is 5.82 Å². The van der Waals surface area contributed by atoms with Gasteiger partial charge in [-0.25, -0.2) is 4.39 Å². The lowest BCUT2D eigenvalue weighted by atomic mass is 10.3. The van der Waals surface area contributed by atoms with E-state index in [0.717, 1.165) is 9.37 Å². The predicted molar refractivity (Wildman–Crippen MR) is 84.5 cm³/mol. The maximum Gasteiger partial charge on any atom is 0.237 e. The van der Waals surface area contributed by atoms with Crippen LogP contribution in [0.3, 0.4) is 0 Å². The molecule has 0 aliphatic heterocycles. The molecule has 104 valence electrons. The normalized spacial score (nSPS) is 11.9. The third-order valence-electron chi connectivity index (χ3n) is 2.61. The molecule has 2 rings (SSSR count). The van der Waals surface area contributed by atoms with Gasteiger partial charge in [0.15, 0.2) is 0 Å². The molecule has 0 heterocycles. The van der Waals surface area contributed by atoms with Crippen LogP contribution >= 0.6 is 27.7 Å². The lowest BCUT2D eigenvalue weighted by Crippen LogP contribution is -2.22. The molecule has 2 aromatic rings. The molecular formula is C15H13BrFNOS. The quantitative estimate of drug-likeness (QED) is 0.806. The molecule has 2 aromatic carbocycles. The van der Waals surface area contributed by atoms with Gasteiger partial charge in [0.2, 0.25) is 5.91 Å². The first kappa shape index (κ1) is 15.1. The fraction of sp³-hybridized carbons (Fsp3) is 0.133. The fourth-order valence-electron chi connectivity index (χ4n) is 1.55. The Kier molecular flexibility index (Phi) is 5.20. The third kappa shape index (κ3) is 4.35. The van der Waals surface area contributed by atoms with E-state index in [1.54, 1.807) is 12.1 Å². The maximum absolute atomic E-state index is 12.8. The van der Waals surface area contributed by atoms with Gasteiger partial charge >= 0.3 is 0 Å². The van der Waals surface area contributed by atoms with Crippen LogP contribution in [0.4, 0.5) is 10.1 Å². The first-order valence-electron chi connectivity index (χ1n) is 6.03. The second-order valence-electron chi connectivity index (χ2n) is 4.21. The van der Waals surface area contributed by atoms with E-state index >= 15 is 0 Å². The molecule has 0 spiro atoms. The van der Waals surface area contributed by atoms with Crippen LogP contribution in [0.15, 0.2) is 57.9 Å². The summed E-state index contributed by atoms with van der Waals surface area (Å²) in [6.45, 7) is 1.84. The summed E-state index contributed by atoms with van der Waals surface area (Å²) < 4.78 is 13.8. The summed E-state index contributed by atoms with van der Waals surface area (Å²) in [4.78, 5) is 13.1. The Balaban J connectivity index is 1.94. The molecule has 0 radical (unpaired) electrons. The van der Waals surface area contributed by atoms with E-state index in [2.05, 4.69) is 21.2 Å². The summed E-state index contributed by atoms with van der Waals surface area (Å²) in [6, 6.07) is 13.5. The minimum atomic E-state index is -0.319. The second kappa shape index (κ2) is 6.90. The van der Waals surface area contributed by atoms with Crippen LogP contribution in [0.2, 0.25) is 0 Å². The van der Waals surface area contributed by atoms with Crippen molar-refractivity contribution in [1.29, 1.82) is 0 Å². The van der Waals surface area contributed by atoms with Crippen molar-refractivity contribution in [3.63, 3.8) is 0 Å². The predicted octanol–water partition coefficient (Wildman–Crippen LogP) is 4.71. The number of halogens is 2. The molecule has 0 fully saturated rings. The van der Waals surface area contributed by atoms with Gasteiger partial charge in [0.1, 0.15) is 5.82 Å². The summed E-state index contributed by atoms with van der Waals surface area (Å²) in [5, 5.41) is 2.53. The number of benzene rings is 2. The molecule has 1 atom stereocenters. The van der Waals surface area contributed by atoms with Gasteiger partial charge < -0.3 is 5.32 Å². The summed E-state index contributed by atoms with van der Waals surface area (Å²) in [5.41, 5.74) is 0.597. The first-order valence-corrected chi connectivity index (χ1v) is 7.70. The molecule has 20 heavy (non-hydrogen) atoms. The molecule has 1 amide bonds. The second-order valence-corrected chi connectivity index (χ2v) is 6.54. The monoisotopic (exact) mass is 353 g/mol. The maximum atomic E-state index is 12.8. The van der Waals surface area contributed by atoms with E-state index < -0.39 is 0 Å². The topological polar surface area (TPSA) is 29.1 Å².